The molecule has 1 aliphatic rings. The second-order valence-corrected chi connectivity index (χ2v) is 6.59. The number of benzene rings is 1. The second kappa shape index (κ2) is 6.55. The van der Waals surface area contributed by atoms with E-state index >= 15 is 0 Å². The Bertz CT molecular complexity index is 1000. The summed E-state index contributed by atoms with van der Waals surface area (Å²) in [7, 11) is 0. The largest absolute Gasteiger partial charge is 0.472 e. The monoisotopic (exact) mass is 381 g/mol. The smallest absolute Gasteiger partial charge is 0.259 e. The van der Waals surface area contributed by atoms with Crippen LogP contribution in [0.3, 0.4) is 0 Å². The molecule has 0 bridgehead atoms. The molecule has 4 rings (SSSR count). The normalized spacial score (nSPS) is 18.1. The van der Waals surface area contributed by atoms with E-state index in [9.17, 15) is 9.59 Å². The molecular formula is C20H16ClN3O3. The fourth-order valence-electron chi connectivity index (χ4n) is 3.54. The van der Waals surface area contributed by atoms with Crippen molar-refractivity contribution in [2.24, 2.45) is 0 Å². The molecule has 0 saturated carbocycles. The number of rotatable bonds is 4. The minimum absolute atomic E-state index is 0.263. The Labute approximate surface area is 160 Å². The van der Waals surface area contributed by atoms with Crippen LogP contribution < -0.4 is 5.32 Å². The topological polar surface area (TPSA) is 75.4 Å². The van der Waals surface area contributed by atoms with Crippen LogP contribution in [-0.4, -0.2) is 28.2 Å². The van der Waals surface area contributed by atoms with Crippen molar-refractivity contribution in [2.75, 3.05) is 6.54 Å². The van der Waals surface area contributed by atoms with Gasteiger partial charge in [0.25, 0.3) is 11.8 Å². The quantitative estimate of drug-likeness (QED) is 0.751. The number of hydrogen-bond donors (Lipinski definition) is 1. The number of hydrogen-bond acceptors (Lipinski definition) is 4. The maximum Gasteiger partial charge on any atom is 0.259 e. The molecule has 2 amide bonds. The third-order valence-electron chi connectivity index (χ3n) is 4.75. The summed E-state index contributed by atoms with van der Waals surface area (Å²) in [5, 5.41) is 3.58. The van der Waals surface area contributed by atoms with E-state index in [2.05, 4.69) is 10.3 Å². The standard InChI is InChI=1S/C20H16ClN3O3/c1-2-24(19(26)13-8-10-27-12-13)20(14-3-5-15(21)6-4-14)17-11-22-9-7-16(17)18(25)23-20/h3-12H,2H2,1H3,(H,23,25)/t20-/m0/s1. The molecule has 1 atom stereocenters. The first-order valence-corrected chi connectivity index (χ1v) is 8.83. The van der Waals surface area contributed by atoms with E-state index in [1.807, 2.05) is 6.92 Å². The van der Waals surface area contributed by atoms with Gasteiger partial charge in [0, 0.05) is 35.1 Å². The zero-order valence-corrected chi connectivity index (χ0v) is 15.2. The lowest BCUT2D eigenvalue weighted by molar-refractivity contribution is 0.0494. The number of carbonyl (C=O) groups is 2. The molecule has 2 aromatic heterocycles. The fourth-order valence-corrected chi connectivity index (χ4v) is 3.67. The van der Waals surface area contributed by atoms with Crippen molar-refractivity contribution in [3.05, 3.63) is 88.6 Å². The molecular weight excluding hydrogens is 366 g/mol. The number of pyridine rings is 1. The van der Waals surface area contributed by atoms with Crippen LogP contribution >= 0.6 is 11.6 Å². The molecule has 0 fully saturated rings. The highest BCUT2D eigenvalue weighted by Crippen LogP contribution is 2.40. The van der Waals surface area contributed by atoms with Gasteiger partial charge >= 0.3 is 0 Å². The highest BCUT2D eigenvalue weighted by molar-refractivity contribution is 6.30. The molecule has 6 nitrogen and oxygen atoms in total. The fraction of sp³-hybridized carbons (Fsp3) is 0.150. The molecule has 1 N–H and O–H groups in total. The summed E-state index contributed by atoms with van der Waals surface area (Å²) in [6, 6.07) is 10.3. The van der Waals surface area contributed by atoms with E-state index in [1.54, 1.807) is 53.7 Å². The average molecular weight is 382 g/mol. The lowest BCUT2D eigenvalue weighted by Crippen LogP contribution is -2.57. The van der Waals surface area contributed by atoms with Crippen LogP contribution in [0.15, 0.2) is 65.7 Å². The van der Waals surface area contributed by atoms with Gasteiger partial charge in [0.1, 0.15) is 6.26 Å². The molecule has 7 heteroatoms. The summed E-state index contributed by atoms with van der Waals surface area (Å²) >= 11 is 6.06. The first-order chi connectivity index (χ1) is 13.1. The molecule has 0 unspecified atom stereocenters. The predicted molar refractivity (Wildman–Crippen MR) is 99.4 cm³/mol. The third kappa shape index (κ3) is 2.61. The highest BCUT2D eigenvalue weighted by Gasteiger charge is 2.50. The van der Waals surface area contributed by atoms with Crippen LogP contribution in [0, 0.1) is 0 Å². The van der Waals surface area contributed by atoms with Crippen LogP contribution in [0.4, 0.5) is 0 Å². The number of amides is 2. The molecule has 1 aromatic carbocycles. The summed E-state index contributed by atoms with van der Waals surface area (Å²) in [6.07, 6.45) is 6.01. The zero-order chi connectivity index (χ0) is 19.0. The molecule has 0 spiro atoms. The molecule has 0 radical (unpaired) electrons. The summed E-state index contributed by atoms with van der Waals surface area (Å²) in [4.78, 5) is 31.8. The lowest BCUT2D eigenvalue weighted by Gasteiger charge is -2.41. The lowest BCUT2D eigenvalue weighted by atomic mass is 9.90. The minimum atomic E-state index is -1.19. The third-order valence-corrected chi connectivity index (χ3v) is 5.00. The van der Waals surface area contributed by atoms with Crippen molar-refractivity contribution in [3.63, 3.8) is 0 Å². The summed E-state index contributed by atoms with van der Waals surface area (Å²) in [6.45, 7) is 2.21. The summed E-state index contributed by atoms with van der Waals surface area (Å²) in [5.41, 5.74) is 1.03. The SMILES string of the molecule is CCN(C(=O)c1ccoc1)[C@]1(c2ccc(Cl)cc2)NC(=O)c2ccncc21. The molecule has 1 aliphatic heterocycles. The first kappa shape index (κ1) is 17.3. The summed E-state index contributed by atoms with van der Waals surface area (Å²) in [5.74, 6) is -0.529. The zero-order valence-electron chi connectivity index (χ0n) is 14.5. The molecule has 0 aliphatic carbocycles. The van der Waals surface area contributed by atoms with Crippen molar-refractivity contribution in [2.45, 2.75) is 12.6 Å². The van der Waals surface area contributed by atoms with Gasteiger partial charge in [-0.1, -0.05) is 23.7 Å². The van der Waals surface area contributed by atoms with Gasteiger partial charge in [-0.05, 0) is 31.2 Å². The molecule has 3 aromatic rings. The molecule has 136 valence electrons. The Morgan fingerprint density at radius 1 is 1.26 bits per heavy atom. The van der Waals surface area contributed by atoms with Crippen molar-refractivity contribution in [3.8, 4) is 0 Å². The van der Waals surface area contributed by atoms with Crippen molar-refractivity contribution in [1.82, 2.24) is 15.2 Å². The molecule has 27 heavy (non-hydrogen) atoms. The van der Waals surface area contributed by atoms with Crippen LogP contribution in [0.25, 0.3) is 0 Å². The van der Waals surface area contributed by atoms with E-state index in [0.717, 1.165) is 0 Å². The van der Waals surface area contributed by atoms with Gasteiger partial charge in [0.2, 0.25) is 0 Å². The maximum atomic E-state index is 13.3. The number of nitrogens with zero attached hydrogens (tertiary/aromatic N) is 2. The van der Waals surface area contributed by atoms with Gasteiger partial charge in [-0.15, -0.1) is 0 Å². The van der Waals surface area contributed by atoms with Crippen LogP contribution in [0.5, 0.6) is 0 Å². The summed E-state index contributed by atoms with van der Waals surface area (Å²) < 4.78 is 5.07. The van der Waals surface area contributed by atoms with E-state index in [-0.39, 0.29) is 11.8 Å². The van der Waals surface area contributed by atoms with E-state index < -0.39 is 5.66 Å². The van der Waals surface area contributed by atoms with Gasteiger partial charge in [-0.25, -0.2) is 0 Å². The van der Waals surface area contributed by atoms with E-state index in [4.69, 9.17) is 16.0 Å². The van der Waals surface area contributed by atoms with Gasteiger partial charge in [-0.3, -0.25) is 14.6 Å². The number of nitrogens with one attached hydrogen (secondary N) is 1. The van der Waals surface area contributed by atoms with Crippen molar-refractivity contribution >= 4 is 23.4 Å². The van der Waals surface area contributed by atoms with E-state index in [1.165, 1.54) is 12.5 Å². The number of aromatic nitrogens is 1. The number of fused-ring (bicyclic) bond motifs is 1. The Hall–Kier alpha value is -3.12. The van der Waals surface area contributed by atoms with Crippen molar-refractivity contribution in [1.29, 1.82) is 0 Å². The van der Waals surface area contributed by atoms with Gasteiger partial charge < -0.3 is 14.6 Å². The highest BCUT2D eigenvalue weighted by atomic mass is 35.5. The van der Waals surface area contributed by atoms with Gasteiger partial charge in [-0.2, -0.15) is 0 Å². The van der Waals surface area contributed by atoms with Crippen LogP contribution in [0.2, 0.25) is 5.02 Å². The Morgan fingerprint density at radius 2 is 2.04 bits per heavy atom. The van der Waals surface area contributed by atoms with E-state index in [0.29, 0.717) is 33.8 Å². The Morgan fingerprint density at radius 3 is 2.70 bits per heavy atom. The molecule has 3 heterocycles. The number of carbonyl (C=O) groups excluding carboxylic acids is 2. The Balaban J connectivity index is 1.96. The first-order valence-electron chi connectivity index (χ1n) is 8.45. The van der Waals surface area contributed by atoms with Gasteiger partial charge in [0.05, 0.1) is 17.4 Å². The van der Waals surface area contributed by atoms with Crippen LogP contribution in [0.1, 0.15) is 38.8 Å². The number of halogens is 1. The predicted octanol–water partition coefficient (Wildman–Crippen LogP) is 3.43. The maximum absolute atomic E-state index is 13.3. The average Bonchev–Trinajstić information content (AvgIpc) is 3.31. The molecule has 0 saturated heterocycles. The van der Waals surface area contributed by atoms with Crippen molar-refractivity contribution < 1.29 is 14.0 Å². The minimum Gasteiger partial charge on any atom is -0.472 e. The second-order valence-electron chi connectivity index (χ2n) is 6.15. The van der Waals surface area contributed by atoms with Gasteiger partial charge in [0.15, 0.2) is 5.66 Å². The van der Waals surface area contributed by atoms with Crippen LogP contribution in [-0.2, 0) is 5.66 Å². The Kier molecular flexibility index (Phi) is 4.20. The number of furan rings is 1.